The predicted octanol–water partition coefficient (Wildman–Crippen LogP) is 0.655. The quantitative estimate of drug-likeness (QED) is 0.700. The van der Waals surface area contributed by atoms with E-state index in [1.54, 1.807) is 7.05 Å². The minimum atomic E-state index is -0.887. The van der Waals surface area contributed by atoms with Crippen LogP contribution < -0.4 is 5.32 Å². The van der Waals surface area contributed by atoms with E-state index in [9.17, 15) is 9.59 Å². The largest absolute Gasteiger partial charge is 0.481 e. The van der Waals surface area contributed by atoms with Crippen molar-refractivity contribution < 1.29 is 14.7 Å². The van der Waals surface area contributed by atoms with Crippen LogP contribution in [-0.4, -0.2) is 41.1 Å². The molecule has 0 aromatic rings. The molecule has 0 bridgehead atoms. The van der Waals surface area contributed by atoms with Crippen molar-refractivity contribution in [3.05, 3.63) is 0 Å². The summed E-state index contributed by atoms with van der Waals surface area (Å²) in [6.07, 6.45) is 2.00. The van der Waals surface area contributed by atoms with Crippen molar-refractivity contribution in [2.24, 2.45) is 0 Å². The molecule has 0 aromatic carbocycles. The summed E-state index contributed by atoms with van der Waals surface area (Å²) >= 11 is 0. The lowest BCUT2D eigenvalue weighted by molar-refractivity contribution is -0.137. The number of aliphatic carboxylic acids is 1. The lowest BCUT2D eigenvalue weighted by Gasteiger charge is -2.20. The van der Waals surface area contributed by atoms with E-state index in [0.717, 1.165) is 12.8 Å². The average Bonchev–Trinajstić information content (AvgIpc) is 2.78. The molecule has 5 nitrogen and oxygen atoms in total. The van der Waals surface area contributed by atoms with Crippen LogP contribution >= 0.6 is 0 Å². The summed E-state index contributed by atoms with van der Waals surface area (Å²) in [5.74, 6) is -0.887. The van der Waals surface area contributed by atoms with Gasteiger partial charge in [0.15, 0.2) is 0 Å². The molecule has 5 heteroatoms. The number of nitrogens with zero attached hydrogens (tertiary/aromatic N) is 1. The SMILES string of the molecule is CN(CCC(=O)O)C(=O)NC1(C)CC1. The fourth-order valence-corrected chi connectivity index (χ4v) is 1.03. The topological polar surface area (TPSA) is 69.6 Å². The number of hydrogen-bond acceptors (Lipinski definition) is 2. The van der Waals surface area contributed by atoms with E-state index < -0.39 is 5.97 Å². The maximum atomic E-state index is 11.4. The predicted molar refractivity (Wildman–Crippen MR) is 51.1 cm³/mol. The van der Waals surface area contributed by atoms with Crippen molar-refractivity contribution in [1.29, 1.82) is 0 Å². The number of nitrogens with one attached hydrogen (secondary N) is 1. The molecular formula is C9H16N2O3. The van der Waals surface area contributed by atoms with E-state index in [2.05, 4.69) is 5.32 Å². The lowest BCUT2D eigenvalue weighted by Crippen LogP contribution is -2.43. The Morgan fingerprint density at radius 3 is 2.50 bits per heavy atom. The molecule has 1 aliphatic carbocycles. The van der Waals surface area contributed by atoms with Gasteiger partial charge in [0.2, 0.25) is 0 Å². The molecule has 80 valence electrons. The third kappa shape index (κ3) is 3.24. The Bertz CT molecular complexity index is 248. The number of urea groups is 1. The Morgan fingerprint density at radius 2 is 2.07 bits per heavy atom. The van der Waals surface area contributed by atoms with Crippen molar-refractivity contribution in [3.8, 4) is 0 Å². The molecule has 1 aliphatic rings. The first kappa shape index (κ1) is 10.8. The standard InChI is InChI=1S/C9H16N2O3/c1-9(4-5-9)10-8(14)11(2)6-3-7(12)13/h3-6H2,1-2H3,(H,10,14)(H,12,13). The highest BCUT2D eigenvalue weighted by molar-refractivity contribution is 5.76. The molecule has 1 saturated carbocycles. The maximum Gasteiger partial charge on any atom is 0.317 e. The minimum absolute atomic E-state index is 0.0133. The van der Waals surface area contributed by atoms with Gasteiger partial charge in [-0.15, -0.1) is 0 Å². The maximum absolute atomic E-state index is 11.4. The molecule has 0 atom stereocenters. The first-order chi connectivity index (χ1) is 6.43. The highest BCUT2D eigenvalue weighted by Crippen LogP contribution is 2.34. The Balaban J connectivity index is 2.25. The van der Waals surface area contributed by atoms with Crippen molar-refractivity contribution in [1.82, 2.24) is 10.2 Å². The van der Waals surface area contributed by atoms with Crippen molar-refractivity contribution in [2.75, 3.05) is 13.6 Å². The molecule has 2 N–H and O–H groups in total. The fourth-order valence-electron chi connectivity index (χ4n) is 1.03. The zero-order valence-corrected chi connectivity index (χ0v) is 8.54. The van der Waals surface area contributed by atoms with Crippen LogP contribution in [0.3, 0.4) is 0 Å². The van der Waals surface area contributed by atoms with Crippen molar-refractivity contribution in [3.63, 3.8) is 0 Å². The van der Waals surface area contributed by atoms with Gasteiger partial charge in [-0.05, 0) is 19.8 Å². The van der Waals surface area contributed by atoms with Gasteiger partial charge in [-0.25, -0.2) is 4.79 Å². The van der Waals surface area contributed by atoms with Crippen LogP contribution in [0.5, 0.6) is 0 Å². The second-order valence-corrected chi connectivity index (χ2v) is 4.06. The van der Waals surface area contributed by atoms with Gasteiger partial charge in [-0.1, -0.05) is 0 Å². The molecule has 1 fully saturated rings. The minimum Gasteiger partial charge on any atom is -0.481 e. The molecule has 0 radical (unpaired) electrons. The summed E-state index contributed by atoms with van der Waals surface area (Å²) < 4.78 is 0. The summed E-state index contributed by atoms with van der Waals surface area (Å²) in [5.41, 5.74) is -0.0471. The Morgan fingerprint density at radius 1 is 1.50 bits per heavy atom. The molecule has 0 saturated heterocycles. The first-order valence-corrected chi connectivity index (χ1v) is 4.68. The molecule has 14 heavy (non-hydrogen) atoms. The smallest absolute Gasteiger partial charge is 0.317 e. The van der Waals surface area contributed by atoms with Gasteiger partial charge in [0.05, 0.1) is 6.42 Å². The average molecular weight is 200 g/mol. The Hall–Kier alpha value is -1.26. The second-order valence-electron chi connectivity index (χ2n) is 4.06. The van der Waals surface area contributed by atoms with Crippen molar-refractivity contribution in [2.45, 2.75) is 31.7 Å². The highest BCUT2D eigenvalue weighted by Gasteiger charge is 2.39. The lowest BCUT2D eigenvalue weighted by atomic mass is 10.3. The summed E-state index contributed by atoms with van der Waals surface area (Å²) in [4.78, 5) is 23.1. The van der Waals surface area contributed by atoms with Crippen molar-refractivity contribution >= 4 is 12.0 Å². The number of hydrogen-bond donors (Lipinski definition) is 2. The van der Waals surface area contributed by atoms with Crippen LogP contribution in [0.1, 0.15) is 26.2 Å². The Kier molecular flexibility index (Phi) is 2.98. The summed E-state index contributed by atoms with van der Waals surface area (Å²) in [5, 5.41) is 11.3. The van der Waals surface area contributed by atoms with Crippen LogP contribution in [0.15, 0.2) is 0 Å². The van der Waals surface area contributed by atoms with E-state index in [-0.39, 0.29) is 24.5 Å². The monoisotopic (exact) mass is 200 g/mol. The van der Waals surface area contributed by atoms with Crippen LogP contribution in [0.25, 0.3) is 0 Å². The van der Waals surface area contributed by atoms with Crippen LogP contribution in [0, 0.1) is 0 Å². The van der Waals surface area contributed by atoms with E-state index in [1.807, 2.05) is 6.92 Å². The van der Waals surface area contributed by atoms with Gasteiger partial charge in [0.1, 0.15) is 0 Å². The number of amides is 2. The molecule has 2 amide bonds. The molecule has 0 unspecified atom stereocenters. The van der Waals surface area contributed by atoms with E-state index in [1.165, 1.54) is 4.90 Å². The number of carboxylic acid groups (broad SMARTS) is 1. The first-order valence-electron chi connectivity index (χ1n) is 4.68. The molecule has 1 rings (SSSR count). The highest BCUT2D eigenvalue weighted by atomic mass is 16.4. The van der Waals surface area contributed by atoms with Gasteiger partial charge >= 0.3 is 12.0 Å². The normalized spacial score (nSPS) is 17.3. The van der Waals surface area contributed by atoms with Gasteiger partial charge in [-0.3, -0.25) is 4.79 Å². The second kappa shape index (κ2) is 3.86. The van der Waals surface area contributed by atoms with Gasteiger partial charge in [0, 0.05) is 19.1 Å². The van der Waals surface area contributed by atoms with Crippen LogP contribution in [0.4, 0.5) is 4.79 Å². The summed E-state index contributed by atoms with van der Waals surface area (Å²) in [6.45, 7) is 2.23. The van der Waals surface area contributed by atoms with Gasteiger partial charge < -0.3 is 15.3 Å². The molecule has 0 aromatic heterocycles. The number of carbonyl (C=O) groups excluding carboxylic acids is 1. The molecule has 0 aliphatic heterocycles. The third-order valence-electron chi connectivity index (χ3n) is 2.42. The van der Waals surface area contributed by atoms with E-state index >= 15 is 0 Å². The van der Waals surface area contributed by atoms with Gasteiger partial charge in [-0.2, -0.15) is 0 Å². The van der Waals surface area contributed by atoms with E-state index in [4.69, 9.17) is 5.11 Å². The van der Waals surface area contributed by atoms with E-state index in [0.29, 0.717) is 0 Å². The number of rotatable bonds is 4. The van der Waals surface area contributed by atoms with Crippen LogP contribution in [-0.2, 0) is 4.79 Å². The Labute approximate surface area is 83.1 Å². The van der Waals surface area contributed by atoms with Crippen LogP contribution in [0.2, 0.25) is 0 Å². The molecular weight excluding hydrogens is 184 g/mol. The fraction of sp³-hybridized carbons (Fsp3) is 0.778. The number of carbonyl (C=O) groups is 2. The summed E-state index contributed by atoms with van der Waals surface area (Å²) in [7, 11) is 1.60. The molecule has 0 spiro atoms. The molecule has 0 heterocycles. The zero-order chi connectivity index (χ0) is 10.8. The van der Waals surface area contributed by atoms with Gasteiger partial charge in [0.25, 0.3) is 0 Å². The zero-order valence-electron chi connectivity index (χ0n) is 8.54. The number of carboxylic acids is 1. The third-order valence-corrected chi connectivity index (χ3v) is 2.42. The summed E-state index contributed by atoms with van der Waals surface area (Å²) in [6, 6.07) is -0.189.